The van der Waals surface area contributed by atoms with Crippen molar-refractivity contribution in [1.82, 2.24) is 15.5 Å². The Bertz CT molecular complexity index is 575. The zero-order valence-corrected chi connectivity index (χ0v) is 15.0. The minimum absolute atomic E-state index is 0.0345. The fourth-order valence-corrected chi connectivity index (χ4v) is 2.31. The van der Waals surface area contributed by atoms with Gasteiger partial charge in [-0.3, -0.25) is 4.79 Å². The fraction of sp³-hybridized carbons (Fsp3) is 0.500. The zero-order valence-electron chi connectivity index (χ0n) is 15.0. The second-order valence-corrected chi connectivity index (χ2v) is 6.41. The van der Waals surface area contributed by atoms with E-state index < -0.39 is 12.0 Å². The molecule has 0 fully saturated rings. The van der Waals surface area contributed by atoms with Crippen LogP contribution in [0.5, 0.6) is 0 Å². The number of nitrogens with zero attached hydrogens (tertiary/aromatic N) is 1. The third-order valence-electron chi connectivity index (χ3n) is 3.58. The Morgan fingerprint density at radius 1 is 1.16 bits per heavy atom. The van der Waals surface area contributed by atoms with Crippen molar-refractivity contribution < 1.29 is 19.5 Å². The van der Waals surface area contributed by atoms with Crippen molar-refractivity contribution in [1.29, 1.82) is 0 Å². The van der Waals surface area contributed by atoms with E-state index >= 15 is 0 Å². The number of carboxylic acid groups (broad SMARTS) is 1. The summed E-state index contributed by atoms with van der Waals surface area (Å²) in [6, 6.07) is 8.39. The van der Waals surface area contributed by atoms with Crippen LogP contribution in [0.2, 0.25) is 0 Å². The zero-order chi connectivity index (χ0) is 18.8. The lowest BCUT2D eigenvalue weighted by molar-refractivity contribution is -0.142. The minimum atomic E-state index is -1.05. The van der Waals surface area contributed by atoms with Gasteiger partial charge in [0.25, 0.3) is 0 Å². The first-order chi connectivity index (χ1) is 11.8. The molecule has 0 saturated heterocycles. The molecule has 1 aromatic rings. The second-order valence-electron chi connectivity index (χ2n) is 6.41. The van der Waals surface area contributed by atoms with Gasteiger partial charge in [-0.05, 0) is 17.9 Å². The Kier molecular flexibility index (Phi) is 8.46. The average Bonchev–Trinajstić information content (AvgIpc) is 2.54. The molecule has 0 aliphatic carbocycles. The lowest BCUT2D eigenvalue weighted by Gasteiger charge is -2.19. The number of carboxylic acids is 1. The summed E-state index contributed by atoms with van der Waals surface area (Å²) in [6.45, 7) is 4.40. The van der Waals surface area contributed by atoms with E-state index in [1.807, 2.05) is 44.2 Å². The SMILES string of the molecule is CC(C)C[C@@H](NC(=O)CCNC(=O)N(C)Cc1ccccc1)C(=O)O. The van der Waals surface area contributed by atoms with Crippen LogP contribution in [-0.4, -0.2) is 47.5 Å². The van der Waals surface area contributed by atoms with Crippen LogP contribution in [0.1, 0.15) is 32.3 Å². The molecule has 0 aliphatic heterocycles. The molecule has 25 heavy (non-hydrogen) atoms. The van der Waals surface area contributed by atoms with Crippen LogP contribution in [0.3, 0.4) is 0 Å². The highest BCUT2D eigenvalue weighted by atomic mass is 16.4. The van der Waals surface area contributed by atoms with E-state index in [-0.39, 0.29) is 30.8 Å². The quantitative estimate of drug-likeness (QED) is 0.633. The van der Waals surface area contributed by atoms with Crippen molar-refractivity contribution in [2.45, 2.75) is 39.3 Å². The topological polar surface area (TPSA) is 98.7 Å². The van der Waals surface area contributed by atoms with Crippen LogP contribution >= 0.6 is 0 Å². The number of carbonyl (C=O) groups excluding carboxylic acids is 2. The van der Waals surface area contributed by atoms with Crippen molar-refractivity contribution in [2.24, 2.45) is 5.92 Å². The summed E-state index contributed by atoms with van der Waals surface area (Å²) in [5, 5.41) is 14.2. The Balaban J connectivity index is 2.33. The number of benzene rings is 1. The summed E-state index contributed by atoms with van der Waals surface area (Å²) < 4.78 is 0. The first-order valence-corrected chi connectivity index (χ1v) is 8.34. The summed E-state index contributed by atoms with van der Waals surface area (Å²) in [5.74, 6) is -1.28. The van der Waals surface area contributed by atoms with Crippen LogP contribution < -0.4 is 10.6 Å². The predicted molar refractivity (Wildman–Crippen MR) is 94.9 cm³/mol. The summed E-state index contributed by atoms with van der Waals surface area (Å²) in [5.41, 5.74) is 1.01. The fourth-order valence-electron chi connectivity index (χ4n) is 2.31. The van der Waals surface area contributed by atoms with Crippen molar-refractivity contribution >= 4 is 17.9 Å². The van der Waals surface area contributed by atoms with Crippen LogP contribution in [0.4, 0.5) is 4.79 Å². The molecule has 1 atom stereocenters. The van der Waals surface area contributed by atoms with Gasteiger partial charge in [0.2, 0.25) is 5.91 Å². The summed E-state index contributed by atoms with van der Waals surface area (Å²) in [6.07, 6.45) is 0.403. The van der Waals surface area contributed by atoms with Gasteiger partial charge in [-0.1, -0.05) is 44.2 Å². The molecule has 7 nitrogen and oxygen atoms in total. The van der Waals surface area contributed by atoms with E-state index in [0.717, 1.165) is 5.56 Å². The van der Waals surface area contributed by atoms with E-state index in [1.165, 1.54) is 4.90 Å². The Labute approximate surface area is 148 Å². The van der Waals surface area contributed by atoms with E-state index in [4.69, 9.17) is 5.11 Å². The maximum atomic E-state index is 12.0. The van der Waals surface area contributed by atoms with Gasteiger partial charge in [0.15, 0.2) is 0 Å². The van der Waals surface area contributed by atoms with Crippen molar-refractivity contribution in [3.8, 4) is 0 Å². The van der Waals surface area contributed by atoms with Gasteiger partial charge in [-0.25, -0.2) is 9.59 Å². The van der Waals surface area contributed by atoms with Gasteiger partial charge in [-0.2, -0.15) is 0 Å². The van der Waals surface area contributed by atoms with Gasteiger partial charge in [-0.15, -0.1) is 0 Å². The lowest BCUT2D eigenvalue weighted by atomic mass is 10.0. The summed E-state index contributed by atoms with van der Waals surface area (Å²) in [7, 11) is 1.67. The summed E-state index contributed by atoms with van der Waals surface area (Å²) >= 11 is 0. The third-order valence-corrected chi connectivity index (χ3v) is 3.58. The second kappa shape index (κ2) is 10.3. The number of hydrogen-bond donors (Lipinski definition) is 3. The molecule has 1 aromatic carbocycles. The highest BCUT2D eigenvalue weighted by Gasteiger charge is 2.20. The van der Waals surface area contributed by atoms with E-state index in [9.17, 15) is 14.4 Å². The van der Waals surface area contributed by atoms with Gasteiger partial charge < -0.3 is 20.6 Å². The third kappa shape index (κ3) is 8.19. The number of urea groups is 1. The lowest BCUT2D eigenvalue weighted by Crippen LogP contribution is -2.43. The molecule has 0 bridgehead atoms. The molecular formula is C18H27N3O4. The van der Waals surface area contributed by atoms with E-state index in [1.54, 1.807) is 7.05 Å². The highest BCUT2D eigenvalue weighted by Crippen LogP contribution is 2.05. The smallest absolute Gasteiger partial charge is 0.326 e. The molecule has 1 rings (SSSR count). The summed E-state index contributed by atoms with van der Waals surface area (Å²) in [4.78, 5) is 36.5. The van der Waals surface area contributed by atoms with Gasteiger partial charge in [0.05, 0.1) is 0 Å². The largest absolute Gasteiger partial charge is 0.480 e. The van der Waals surface area contributed by atoms with Crippen molar-refractivity contribution in [2.75, 3.05) is 13.6 Å². The van der Waals surface area contributed by atoms with Gasteiger partial charge in [0, 0.05) is 26.6 Å². The van der Waals surface area contributed by atoms with Crippen LogP contribution in [0, 0.1) is 5.92 Å². The molecule has 3 N–H and O–H groups in total. The molecular weight excluding hydrogens is 322 g/mol. The number of amides is 3. The maximum Gasteiger partial charge on any atom is 0.326 e. The Morgan fingerprint density at radius 2 is 1.80 bits per heavy atom. The Morgan fingerprint density at radius 3 is 2.36 bits per heavy atom. The first kappa shape index (κ1) is 20.5. The molecule has 0 aliphatic rings. The molecule has 0 saturated carbocycles. The number of nitrogens with one attached hydrogen (secondary N) is 2. The number of rotatable bonds is 9. The van der Waals surface area contributed by atoms with Crippen molar-refractivity contribution in [3.63, 3.8) is 0 Å². The van der Waals surface area contributed by atoms with Crippen LogP contribution in [0.15, 0.2) is 30.3 Å². The van der Waals surface area contributed by atoms with Crippen LogP contribution in [0.25, 0.3) is 0 Å². The molecule has 138 valence electrons. The monoisotopic (exact) mass is 349 g/mol. The number of aliphatic carboxylic acids is 1. The molecule has 0 spiro atoms. The highest BCUT2D eigenvalue weighted by molar-refractivity contribution is 5.84. The van der Waals surface area contributed by atoms with Gasteiger partial charge >= 0.3 is 12.0 Å². The average molecular weight is 349 g/mol. The normalized spacial score (nSPS) is 11.7. The number of carbonyl (C=O) groups is 3. The van der Waals surface area contributed by atoms with Crippen molar-refractivity contribution in [3.05, 3.63) is 35.9 Å². The standard InChI is InChI=1S/C18H27N3O4/c1-13(2)11-15(17(23)24)20-16(22)9-10-19-18(25)21(3)12-14-7-5-4-6-8-14/h4-8,13,15H,9-12H2,1-3H3,(H,19,25)(H,20,22)(H,23,24)/t15-/m1/s1. The van der Waals surface area contributed by atoms with E-state index in [0.29, 0.717) is 13.0 Å². The predicted octanol–water partition coefficient (Wildman–Crippen LogP) is 1.83. The molecule has 0 heterocycles. The first-order valence-electron chi connectivity index (χ1n) is 8.34. The molecule has 0 radical (unpaired) electrons. The molecule has 7 heteroatoms. The Hall–Kier alpha value is -2.57. The molecule has 0 unspecified atom stereocenters. The number of hydrogen-bond acceptors (Lipinski definition) is 3. The maximum absolute atomic E-state index is 12.0. The van der Waals surface area contributed by atoms with Crippen LogP contribution in [-0.2, 0) is 16.1 Å². The molecule has 3 amide bonds. The van der Waals surface area contributed by atoms with E-state index in [2.05, 4.69) is 10.6 Å². The minimum Gasteiger partial charge on any atom is -0.480 e. The van der Waals surface area contributed by atoms with Gasteiger partial charge in [0.1, 0.15) is 6.04 Å². The molecule has 0 aromatic heterocycles.